The van der Waals surface area contributed by atoms with Crippen molar-refractivity contribution in [1.29, 1.82) is 0 Å². The minimum absolute atomic E-state index is 0.0146. The number of nitrogens with one attached hydrogen (secondary N) is 1. The lowest BCUT2D eigenvalue weighted by Crippen LogP contribution is -2.62. The van der Waals surface area contributed by atoms with Gasteiger partial charge >= 0.3 is 0 Å². The van der Waals surface area contributed by atoms with Crippen LogP contribution in [0.5, 0.6) is 0 Å². The lowest BCUT2D eigenvalue weighted by Gasteiger charge is -2.49. The summed E-state index contributed by atoms with van der Waals surface area (Å²) in [5.41, 5.74) is 1.79. The fourth-order valence-corrected chi connectivity index (χ4v) is 5.19. The van der Waals surface area contributed by atoms with Crippen molar-refractivity contribution in [3.8, 4) is 10.6 Å². The number of fused-ring (bicyclic) bond motifs is 3. The summed E-state index contributed by atoms with van der Waals surface area (Å²) in [5, 5.41) is 4.86. The molecule has 1 aromatic carbocycles. The smallest absolute Gasteiger partial charge is 0.263 e. The van der Waals surface area contributed by atoms with Crippen molar-refractivity contribution in [1.82, 2.24) is 15.2 Å². The summed E-state index contributed by atoms with van der Waals surface area (Å²) in [6.45, 7) is 6.47. The molecule has 3 aliphatic heterocycles. The number of carbonyl (C=O) groups is 1. The summed E-state index contributed by atoms with van der Waals surface area (Å²) in [7, 11) is 0. The predicted molar refractivity (Wildman–Crippen MR) is 102 cm³/mol. The molecular weight excluding hydrogens is 354 g/mol. The van der Waals surface area contributed by atoms with E-state index in [4.69, 9.17) is 11.6 Å². The molecule has 0 saturated carbocycles. The van der Waals surface area contributed by atoms with Crippen LogP contribution >= 0.6 is 22.9 Å². The first-order chi connectivity index (χ1) is 12.0. The van der Waals surface area contributed by atoms with Gasteiger partial charge in [0.05, 0.1) is 5.69 Å². The highest BCUT2D eigenvalue weighted by molar-refractivity contribution is 7.17. The number of hydrogen-bond acceptors (Lipinski definition) is 4. The van der Waals surface area contributed by atoms with E-state index in [1.54, 1.807) is 0 Å². The molecular formula is C19H22ClN3OS. The van der Waals surface area contributed by atoms with E-state index >= 15 is 0 Å². The Hall–Kier alpha value is -1.43. The molecule has 4 heterocycles. The first-order valence-corrected chi connectivity index (χ1v) is 10.0. The summed E-state index contributed by atoms with van der Waals surface area (Å²) in [5.74, 6) is 0.619. The Labute approximate surface area is 157 Å². The molecule has 5 rings (SSSR count). The molecule has 0 radical (unpaired) electrons. The number of piperidine rings is 3. The van der Waals surface area contributed by atoms with Crippen LogP contribution in [0.2, 0.25) is 5.02 Å². The molecule has 2 atom stereocenters. The lowest BCUT2D eigenvalue weighted by molar-refractivity contribution is 0.0218. The van der Waals surface area contributed by atoms with Crippen molar-refractivity contribution in [2.45, 2.75) is 38.8 Å². The molecule has 1 aromatic heterocycles. The minimum atomic E-state index is 0.0146. The monoisotopic (exact) mass is 375 g/mol. The van der Waals surface area contributed by atoms with Gasteiger partial charge in [-0.3, -0.25) is 9.69 Å². The molecule has 6 heteroatoms. The van der Waals surface area contributed by atoms with Gasteiger partial charge in [0.1, 0.15) is 9.88 Å². The SMILES string of the molecule is Cc1nc(-c2ccc(Cl)cc2)sc1C(=O)N[C@@H]1C2CCN(CC2)[C@H]1C. The molecule has 0 unspecified atom stereocenters. The number of nitrogens with zero attached hydrogens (tertiary/aromatic N) is 2. The Morgan fingerprint density at radius 3 is 2.60 bits per heavy atom. The van der Waals surface area contributed by atoms with Crippen LogP contribution in [-0.2, 0) is 0 Å². The number of halogens is 1. The van der Waals surface area contributed by atoms with E-state index in [0.29, 0.717) is 21.9 Å². The van der Waals surface area contributed by atoms with E-state index in [9.17, 15) is 4.79 Å². The molecule has 2 aromatic rings. The van der Waals surface area contributed by atoms with Crippen LogP contribution < -0.4 is 5.32 Å². The summed E-state index contributed by atoms with van der Waals surface area (Å²) >= 11 is 7.41. The van der Waals surface area contributed by atoms with Crippen LogP contribution in [0, 0.1) is 12.8 Å². The zero-order valence-corrected chi connectivity index (χ0v) is 16.0. The number of rotatable bonds is 3. The first-order valence-electron chi connectivity index (χ1n) is 8.81. The van der Waals surface area contributed by atoms with Crippen molar-refractivity contribution in [2.24, 2.45) is 5.92 Å². The van der Waals surface area contributed by atoms with Gasteiger partial charge in [-0.1, -0.05) is 23.7 Å². The second kappa shape index (κ2) is 6.71. The molecule has 3 fully saturated rings. The number of hydrogen-bond donors (Lipinski definition) is 1. The second-order valence-corrected chi connectivity index (χ2v) is 8.49. The molecule has 0 spiro atoms. The molecule has 3 saturated heterocycles. The fraction of sp³-hybridized carbons (Fsp3) is 0.474. The molecule has 0 aliphatic carbocycles. The molecule has 4 nitrogen and oxygen atoms in total. The quantitative estimate of drug-likeness (QED) is 0.882. The normalized spacial score (nSPS) is 28.1. The average Bonchev–Trinajstić information content (AvgIpc) is 3.01. The number of amides is 1. The van der Waals surface area contributed by atoms with Gasteiger partial charge in [0.25, 0.3) is 5.91 Å². The Morgan fingerprint density at radius 2 is 1.96 bits per heavy atom. The third-order valence-corrected chi connectivity index (χ3v) is 7.03. The molecule has 3 aliphatic rings. The third kappa shape index (κ3) is 3.21. The largest absolute Gasteiger partial charge is 0.347 e. The lowest BCUT2D eigenvalue weighted by atomic mass is 9.79. The molecule has 25 heavy (non-hydrogen) atoms. The van der Waals surface area contributed by atoms with E-state index in [-0.39, 0.29) is 11.9 Å². The number of carbonyl (C=O) groups excluding carboxylic acids is 1. The van der Waals surface area contributed by atoms with Gasteiger partial charge in [-0.15, -0.1) is 11.3 Å². The highest BCUT2D eigenvalue weighted by Gasteiger charge is 2.40. The summed E-state index contributed by atoms with van der Waals surface area (Å²) in [6, 6.07) is 8.25. The maximum Gasteiger partial charge on any atom is 0.263 e. The standard InChI is InChI=1S/C19H22ClN3OS/c1-11-17(25-19(21-11)14-3-5-15(20)6-4-14)18(24)22-16-12(2)23-9-7-13(16)8-10-23/h3-6,12-13,16H,7-10H2,1-2H3,(H,22,24)/t12-,16-/m0/s1. The number of aryl methyl sites for hydroxylation is 1. The van der Waals surface area contributed by atoms with E-state index in [1.165, 1.54) is 37.3 Å². The summed E-state index contributed by atoms with van der Waals surface area (Å²) in [4.78, 5) is 20.7. The zero-order chi connectivity index (χ0) is 17.6. The van der Waals surface area contributed by atoms with E-state index in [0.717, 1.165) is 16.3 Å². The fourth-order valence-electron chi connectivity index (χ4n) is 4.09. The van der Waals surface area contributed by atoms with Gasteiger partial charge in [0, 0.05) is 22.7 Å². The highest BCUT2D eigenvalue weighted by atomic mass is 35.5. The van der Waals surface area contributed by atoms with Crippen molar-refractivity contribution in [3.63, 3.8) is 0 Å². The van der Waals surface area contributed by atoms with Crippen molar-refractivity contribution in [3.05, 3.63) is 39.9 Å². The number of thiazole rings is 1. The second-order valence-electron chi connectivity index (χ2n) is 7.05. The van der Waals surface area contributed by atoms with E-state index in [1.807, 2.05) is 31.2 Å². The molecule has 1 N–H and O–H groups in total. The zero-order valence-electron chi connectivity index (χ0n) is 14.5. The van der Waals surface area contributed by atoms with Gasteiger partial charge < -0.3 is 5.32 Å². The molecule has 132 valence electrons. The van der Waals surface area contributed by atoms with E-state index < -0.39 is 0 Å². The van der Waals surface area contributed by atoms with Gasteiger partial charge in [-0.05, 0) is 57.8 Å². The highest BCUT2D eigenvalue weighted by Crippen LogP contribution is 2.33. The maximum atomic E-state index is 12.9. The van der Waals surface area contributed by atoms with Gasteiger partial charge in [-0.2, -0.15) is 0 Å². The van der Waals surface area contributed by atoms with Crippen LogP contribution in [0.15, 0.2) is 24.3 Å². The minimum Gasteiger partial charge on any atom is -0.347 e. The number of benzene rings is 1. The Morgan fingerprint density at radius 1 is 1.28 bits per heavy atom. The van der Waals surface area contributed by atoms with Crippen LogP contribution in [0.4, 0.5) is 0 Å². The van der Waals surface area contributed by atoms with Crippen molar-refractivity contribution < 1.29 is 4.79 Å². The molecule has 2 bridgehead atoms. The van der Waals surface area contributed by atoms with Gasteiger partial charge in [-0.25, -0.2) is 4.98 Å². The van der Waals surface area contributed by atoms with Crippen LogP contribution in [0.3, 0.4) is 0 Å². The molecule has 1 amide bonds. The van der Waals surface area contributed by atoms with Crippen molar-refractivity contribution in [2.75, 3.05) is 13.1 Å². The number of aromatic nitrogens is 1. The first kappa shape index (κ1) is 17.0. The third-order valence-electron chi connectivity index (χ3n) is 5.57. The van der Waals surface area contributed by atoms with Crippen LogP contribution in [0.25, 0.3) is 10.6 Å². The Bertz CT molecular complexity index is 778. The maximum absolute atomic E-state index is 12.9. The topological polar surface area (TPSA) is 45.2 Å². The van der Waals surface area contributed by atoms with Crippen molar-refractivity contribution >= 4 is 28.8 Å². The predicted octanol–water partition coefficient (Wildman–Crippen LogP) is 3.98. The average molecular weight is 376 g/mol. The van der Waals surface area contributed by atoms with Gasteiger partial charge in [0.15, 0.2) is 0 Å². The van der Waals surface area contributed by atoms with Crippen LogP contribution in [-0.4, -0.2) is 41.0 Å². The summed E-state index contributed by atoms with van der Waals surface area (Å²) < 4.78 is 0. The van der Waals surface area contributed by atoms with Crippen LogP contribution in [0.1, 0.15) is 35.1 Å². The summed E-state index contributed by atoms with van der Waals surface area (Å²) in [6.07, 6.45) is 2.37. The van der Waals surface area contributed by atoms with E-state index in [2.05, 4.69) is 22.1 Å². The Kier molecular flexibility index (Phi) is 4.56. The Balaban J connectivity index is 1.53. The van der Waals surface area contributed by atoms with Gasteiger partial charge in [0.2, 0.25) is 0 Å².